The molecule has 0 radical (unpaired) electrons. The highest BCUT2D eigenvalue weighted by Gasteiger charge is 2.10. The zero-order valence-corrected chi connectivity index (χ0v) is 12.5. The maximum absolute atomic E-state index is 5.62. The van der Waals surface area contributed by atoms with E-state index in [1.54, 1.807) is 0 Å². The van der Waals surface area contributed by atoms with Gasteiger partial charge < -0.3 is 10.6 Å². The van der Waals surface area contributed by atoms with Crippen LogP contribution in [0.4, 0.5) is 5.69 Å². The standard InChI is InChI=1S/C16H28N2/c1-12(2)15-7-6-14(4)16(10-15)18(5)11-13(3)8-9-17/h6-7,10,12-13H,8-9,11,17H2,1-5H3. The van der Waals surface area contributed by atoms with E-state index in [1.807, 2.05) is 0 Å². The van der Waals surface area contributed by atoms with Crippen molar-refractivity contribution in [1.82, 2.24) is 0 Å². The normalized spacial score (nSPS) is 12.8. The number of anilines is 1. The fraction of sp³-hybridized carbons (Fsp3) is 0.625. The van der Waals surface area contributed by atoms with Gasteiger partial charge in [-0.15, -0.1) is 0 Å². The lowest BCUT2D eigenvalue weighted by molar-refractivity contribution is 0.539. The average Bonchev–Trinajstić information content (AvgIpc) is 2.29. The predicted octanol–water partition coefficient (Wildman–Crippen LogP) is 3.54. The maximum atomic E-state index is 5.62. The maximum Gasteiger partial charge on any atom is 0.0396 e. The van der Waals surface area contributed by atoms with Crippen molar-refractivity contribution in [3.05, 3.63) is 29.3 Å². The van der Waals surface area contributed by atoms with Gasteiger partial charge in [-0.05, 0) is 48.9 Å². The fourth-order valence-corrected chi connectivity index (χ4v) is 2.34. The van der Waals surface area contributed by atoms with Crippen LogP contribution in [0.2, 0.25) is 0 Å². The van der Waals surface area contributed by atoms with E-state index in [4.69, 9.17) is 5.73 Å². The Kier molecular flexibility index (Phi) is 5.67. The fourth-order valence-electron chi connectivity index (χ4n) is 2.34. The van der Waals surface area contributed by atoms with Crippen LogP contribution in [-0.2, 0) is 0 Å². The number of nitrogens with zero attached hydrogens (tertiary/aromatic N) is 1. The van der Waals surface area contributed by atoms with Crippen molar-refractivity contribution in [1.29, 1.82) is 0 Å². The van der Waals surface area contributed by atoms with E-state index >= 15 is 0 Å². The third-order valence-electron chi connectivity index (χ3n) is 3.56. The molecule has 1 unspecified atom stereocenters. The minimum Gasteiger partial charge on any atom is -0.374 e. The molecule has 0 fully saturated rings. The van der Waals surface area contributed by atoms with Crippen molar-refractivity contribution < 1.29 is 0 Å². The van der Waals surface area contributed by atoms with Crippen molar-refractivity contribution in [3.63, 3.8) is 0 Å². The first kappa shape index (κ1) is 15.0. The van der Waals surface area contributed by atoms with E-state index in [9.17, 15) is 0 Å². The van der Waals surface area contributed by atoms with Gasteiger partial charge >= 0.3 is 0 Å². The van der Waals surface area contributed by atoms with Gasteiger partial charge in [0.1, 0.15) is 0 Å². The third-order valence-corrected chi connectivity index (χ3v) is 3.56. The molecule has 0 amide bonds. The lowest BCUT2D eigenvalue weighted by atomic mass is 9.99. The molecule has 0 aliphatic rings. The number of nitrogens with two attached hydrogens (primary N) is 1. The molecule has 1 aromatic carbocycles. The predicted molar refractivity (Wildman–Crippen MR) is 81.4 cm³/mol. The van der Waals surface area contributed by atoms with Gasteiger partial charge in [-0.1, -0.05) is 32.9 Å². The van der Waals surface area contributed by atoms with Crippen LogP contribution in [0.25, 0.3) is 0 Å². The van der Waals surface area contributed by atoms with Crippen molar-refractivity contribution in [2.24, 2.45) is 11.7 Å². The molecular formula is C16H28N2. The molecule has 2 nitrogen and oxygen atoms in total. The number of hydrogen-bond acceptors (Lipinski definition) is 2. The second-order valence-electron chi connectivity index (χ2n) is 5.76. The second-order valence-corrected chi connectivity index (χ2v) is 5.76. The molecule has 0 heterocycles. The third kappa shape index (κ3) is 4.02. The highest BCUT2D eigenvalue weighted by molar-refractivity contribution is 5.55. The highest BCUT2D eigenvalue weighted by atomic mass is 15.1. The first-order chi connectivity index (χ1) is 8.45. The summed E-state index contributed by atoms with van der Waals surface area (Å²) in [5, 5.41) is 0. The van der Waals surface area contributed by atoms with E-state index < -0.39 is 0 Å². The van der Waals surface area contributed by atoms with Crippen molar-refractivity contribution in [3.8, 4) is 0 Å². The monoisotopic (exact) mass is 248 g/mol. The molecule has 18 heavy (non-hydrogen) atoms. The van der Waals surface area contributed by atoms with E-state index in [1.165, 1.54) is 16.8 Å². The molecule has 1 aromatic rings. The quantitative estimate of drug-likeness (QED) is 0.834. The van der Waals surface area contributed by atoms with Crippen LogP contribution >= 0.6 is 0 Å². The van der Waals surface area contributed by atoms with E-state index in [-0.39, 0.29) is 0 Å². The van der Waals surface area contributed by atoms with Gasteiger partial charge in [0, 0.05) is 19.3 Å². The van der Waals surface area contributed by atoms with Crippen LogP contribution in [0.15, 0.2) is 18.2 Å². The molecular weight excluding hydrogens is 220 g/mol. The molecule has 0 aliphatic heterocycles. The summed E-state index contributed by atoms with van der Waals surface area (Å²) in [4.78, 5) is 2.36. The molecule has 0 aliphatic carbocycles. The summed E-state index contributed by atoms with van der Waals surface area (Å²) in [6, 6.07) is 6.80. The van der Waals surface area contributed by atoms with Crippen LogP contribution < -0.4 is 10.6 Å². The Morgan fingerprint density at radius 3 is 2.44 bits per heavy atom. The summed E-state index contributed by atoms with van der Waals surface area (Å²) in [7, 11) is 2.18. The second kappa shape index (κ2) is 6.79. The number of rotatable bonds is 6. The molecule has 2 heteroatoms. The van der Waals surface area contributed by atoms with Gasteiger partial charge in [-0.3, -0.25) is 0 Å². The minimum absolute atomic E-state index is 0.583. The van der Waals surface area contributed by atoms with Gasteiger partial charge in [0.2, 0.25) is 0 Å². The molecule has 0 spiro atoms. The zero-order valence-electron chi connectivity index (χ0n) is 12.5. The number of aryl methyl sites for hydroxylation is 1. The lowest BCUT2D eigenvalue weighted by Gasteiger charge is -2.26. The summed E-state index contributed by atoms with van der Waals surface area (Å²) >= 11 is 0. The van der Waals surface area contributed by atoms with Gasteiger partial charge in [0.25, 0.3) is 0 Å². The molecule has 2 N–H and O–H groups in total. The van der Waals surface area contributed by atoms with Crippen molar-refractivity contribution in [2.75, 3.05) is 25.0 Å². The van der Waals surface area contributed by atoms with E-state index in [0.29, 0.717) is 11.8 Å². The Labute approximate surface area is 112 Å². The largest absolute Gasteiger partial charge is 0.374 e. The Bertz CT molecular complexity index is 371. The molecule has 1 atom stereocenters. The summed E-state index contributed by atoms with van der Waals surface area (Å²) in [5.74, 6) is 1.22. The first-order valence-electron chi connectivity index (χ1n) is 6.97. The minimum atomic E-state index is 0.583. The van der Waals surface area contributed by atoms with Crippen LogP contribution in [0, 0.1) is 12.8 Å². The van der Waals surface area contributed by atoms with Crippen LogP contribution in [0.3, 0.4) is 0 Å². The average molecular weight is 248 g/mol. The Morgan fingerprint density at radius 2 is 1.89 bits per heavy atom. The van der Waals surface area contributed by atoms with Gasteiger partial charge in [-0.2, -0.15) is 0 Å². The number of hydrogen-bond donors (Lipinski definition) is 1. The SMILES string of the molecule is Cc1ccc(C(C)C)cc1N(C)CC(C)CCN. The Morgan fingerprint density at radius 1 is 1.22 bits per heavy atom. The van der Waals surface area contributed by atoms with Crippen molar-refractivity contribution >= 4 is 5.69 Å². The molecule has 0 saturated carbocycles. The Hall–Kier alpha value is -1.02. The van der Waals surface area contributed by atoms with E-state index in [2.05, 4.69) is 57.8 Å². The van der Waals surface area contributed by atoms with E-state index in [0.717, 1.165) is 19.5 Å². The number of benzene rings is 1. The van der Waals surface area contributed by atoms with Crippen LogP contribution in [0.5, 0.6) is 0 Å². The first-order valence-corrected chi connectivity index (χ1v) is 6.97. The highest BCUT2D eigenvalue weighted by Crippen LogP contribution is 2.25. The lowest BCUT2D eigenvalue weighted by Crippen LogP contribution is -2.26. The zero-order chi connectivity index (χ0) is 13.7. The summed E-state index contributed by atoms with van der Waals surface area (Å²) in [6.07, 6.45) is 1.09. The smallest absolute Gasteiger partial charge is 0.0396 e. The van der Waals surface area contributed by atoms with Crippen LogP contribution in [-0.4, -0.2) is 20.1 Å². The molecule has 0 saturated heterocycles. The molecule has 0 bridgehead atoms. The summed E-state index contributed by atoms with van der Waals surface area (Å²) < 4.78 is 0. The van der Waals surface area contributed by atoms with Crippen molar-refractivity contribution in [2.45, 2.75) is 40.0 Å². The topological polar surface area (TPSA) is 29.3 Å². The van der Waals surface area contributed by atoms with Gasteiger partial charge in [-0.25, -0.2) is 0 Å². The molecule has 0 aromatic heterocycles. The van der Waals surface area contributed by atoms with Gasteiger partial charge in [0.15, 0.2) is 0 Å². The Balaban J connectivity index is 2.83. The van der Waals surface area contributed by atoms with Crippen LogP contribution in [0.1, 0.15) is 44.2 Å². The van der Waals surface area contributed by atoms with Gasteiger partial charge in [0.05, 0.1) is 0 Å². The summed E-state index contributed by atoms with van der Waals surface area (Å²) in [6.45, 7) is 10.8. The molecule has 102 valence electrons. The summed E-state index contributed by atoms with van der Waals surface area (Å²) in [5.41, 5.74) is 9.73. The molecule has 1 rings (SSSR count).